The summed E-state index contributed by atoms with van der Waals surface area (Å²) in [6.07, 6.45) is 1.76. The van der Waals surface area contributed by atoms with Crippen molar-refractivity contribution in [1.82, 2.24) is 9.88 Å². The lowest BCUT2D eigenvalue weighted by atomic mass is 10.2. The zero-order valence-corrected chi connectivity index (χ0v) is 15.0. The van der Waals surface area contributed by atoms with E-state index in [4.69, 9.17) is 16.3 Å². The molecule has 0 aromatic carbocycles. The second-order valence-corrected chi connectivity index (χ2v) is 6.71. The van der Waals surface area contributed by atoms with Gasteiger partial charge in [0, 0.05) is 31.6 Å². The minimum atomic E-state index is -0.753. The molecule has 0 amide bonds. The Bertz CT molecular complexity index is 525. The Hall–Kier alpha value is -1.38. The van der Waals surface area contributed by atoms with Crippen molar-refractivity contribution in [3.63, 3.8) is 0 Å². The molecule has 0 aliphatic carbocycles. The molecule has 0 unspecified atom stereocenters. The van der Waals surface area contributed by atoms with Gasteiger partial charge in [-0.15, -0.1) is 0 Å². The molecule has 128 valence electrons. The second-order valence-electron chi connectivity index (χ2n) is 5.27. The Morgan fingerprint density at radius 1 is 1.57 bits per heavy atom. The first-order valence-corrected chi connectivity index (χ1v) is 8.49. The topological polar surface area (TPSA) is 80.9 Å². The minimum Gasteiger partial charge on any atom is -0.472 e. The first-order valence-electron chi connectivity index (χ1n) is 7.13. The zero-order valence-electron chi connectivity index (χ0n) is 13.4. The molecule has 1 aromatic heterocycles. The standard InChI is InChI=1S/C14H21ClN4O3S/c1-11(2)9-18(10-12-4-5-13(15)16-8-12)6-7-23-14(22-3)17-19(20)21/h4-5,8,11H,6-7,9-10H2,1-3H3/b17-14-. The van der Waals surface area contributed by atoms with Crippen molar-refractivity contribution in [3.8, 4) is 0 Å². The number of halogens is 1. The van der Waals surface area contributed by atoms with Crippen LogP contribution in [-0.4, -0.2) is 46.1 Å². The lowest BCUT2D eigenvalue weighted by Crippen LogP contribution is -2.30. The van der Waals surface area contributed by atoms with Crippen molar-refractivity contribution in [2.45, 2.75) is 20.4 Å². The number of thioether (sulfide) groups is 1. The number of aromatic nitrogens is 1. The highest BCUT2D eigenvalue weighted by Crippen LogP contribution is 2.12. The fourth-order valence-electron chi connectivity index (χ4n) is 1.97. The third-order valence-corrected chi connectivity index (χ3v) is 3.89. The fourth-order valence-corrected chi connectivity index (χ4v) is 2.84. The van der Waals surface area contributed by atoms with Gasteiger partial charge in [-0.3, -0.25) is 4.90 Å². The van der Waals surface area contributed by atoms with E-state index >= 15 is 0 Å². The number of hydrogen-bond acceptors (Lipinski definition) is 6. The summed E-state index contributed by atoms with van der Waals surface area (Å²) in [5, 5.41) is 13.3. The van der Waals surface area contributed by atoms with Crippen LogP contribution in [0.5, 0.6) is 0 Å². The Morgan fingerprint density at radius 3 is 2.83 bits per heavy atom. The van der Waals surface area contributed by atoms with E-state index in [0.717, 1.165) is 25.2 Å². The number of ether oxygens (including phenoxy) is 1. The van der Waals surface area contributed by atoms with Gasteiger partial charge in [-0.2, -0.15) is 0 Å². The summed E-state index contributed by atoms with van der Waals surface area (Å²) in [6.45, 7) is 6.71. The van der Waals surface area contributed by atoms with E-state index in [2.05, 4.69) is 28.8 Å². The van der Waals surface area contributed by atoms with Crippen LogP contribution in [0.3, 0.4) is 0 Å². The number of pyridine rings is 1. The molecule has 0 bridgehead atoms. The third kappa shape index (κ3) is 8.73. The smallest absolute Gasteiger partial charge is 0.321 e. The van der Waals surface area contributed by atoms with Crippen molar-refractivity contribution >= 4 is 28.6 Å². The molecule has 0 spiro atoms. The maximum atomic E-state index is 10.4. The van der Waals surface area contributed by atoms with Gasteiger partial charge in [0.2, 0.25) is 0 Å². The van der Waals surface area contributed by atoms with Gasteiger partial charge in [-0.25, -0.2) is 15.1 Å². The number of nitro groups is 1. The maximum absolute atomic E-state index is 10.4. The van der Waals surface area contributed by atoms with Crippen LogP contribution >= 0.6 is 23.4 Å². The molecule has 23 heavy (non-hydrogen) atoms. The van der Waals surface area contributed by atoms with E-state index in [0.29, 0.717) is 16.8 Å². The van der Waals surface area contributed by atoms with Crippen molar-refractivity contribution in [2.75, 3.05) is 26.0 Å². The van der Waals surface area contributed by atoms with E-state index in [9.17, 15) is 10.1 Å². The summed E-state index contributed by atoms with van der Waals surface area (Å²) in [4.78, 5) is 16.7. The van der Waals surface area contributed by atoms with Gasteiger partial charge >= 0.3 is 5.23 Å². The number of rotatable bonds is 8. The van der Waals surface area contributed by atoms with Gasteiger partial charge in [0.25, 0.3) is 0 Å². The molecule has 0 radical (unpaired) electrons. The highest BCUT2D eigenvalue weighted by atomic mass is 35.5. The number of nitrogens with zero attached hydrogens (tertiary/aromatic N) is 4. The second kappa shape index (κ2) is 10.4. The predicted octanol–water partition coefficient (Wildman–Crippen LogP) is 3.12. The molecule has 9 heteroatoms. The summed E-state index contributed by atoms with van der Waals surface area (Å²) in [6, 6.07) is 3.72. The van der Waals surface area contributed by atoms with Gasteiger partial charge in [0.05, 0.1) is 7.11 Å². The Balaban J connectivity index is 2.57. The molecule has 0 aliphatic rings. The van der Waals surface area contributed by atoms with Crippen LogP contribution < -0.4 is 0 Å². The molecule has 0 saturated carbocycles. The normalized spacial score (nSPS) is 12.0. The van der Waals surface area contributed by atoms with E-state index < -0.39 is 5.03 Å². The van der Waals surface area contributed by atoms with Crippen molar-refractivity contribution in [3.05, 3.63) is 39.2 Å². The SMILES string of the molecule is CO/C(=N/[N+](=O)[O-])SCCN(Cc1ccc(Cl)nc1)CC(C)C. The molecule has 1 aromatic rings. The van der Waals surface area contributed by atoms with E-state index in [1.807, 2.05) is 6.07 Å². The van der Waals surface area contributed by atoms with E-state index in [1.54, 1.807) is 12.3 Å². The van der Waals surface area contributed by atoms with Crippen LogP contribution in [0, 0.1) is 16.0 Å². The van der Waals surface area contributed by atoms with Gasteiger partial charge in [0.15, 0.2) is 5.03 Å². The number of hydrazone groups is 1. The fraction of sp³-hybridized carbons (Fsp3) is 0.571. The van der Waals surface area contributed by atoms with Crippen LogP contribution in [0.25, 0.3) is 0 Å². The summed E-state index contributed by atoms with van der Waals surface area (Å²) in [5.41, 5.74) is 1.07. The van der Waals surface area contributed by atoms with Gasteiger partial charge in [-0.05, 0) is 17.5 Å². The first kappa shape index (κ1) is 19.7. The quantitative estimate of drug-likeness (QED) is 0.233. The average Bonchev–Trinajstić information content (AvgIpc) is 2.47. The molecule has 7 nitrogen and oxygen atoms in total. The van der Waals surface area contributed by atoms with E-state index in [-0.39, 0.29) is 5.23 Å². The van der Waals surface area contributed by atoms with Crippen LogP contribution in [0.4, 0.5) is 0 Å². The van der Waals surface area contributed by atoms with Crippen molar-refractivity contribution in [1.29, 1.82) is 0 Å². The monoisotopic (exact) mass is 360 g/mol. The number of hydrogen-bond donors (Lipinski definition) is 0. The van der Waals surface area contributed by atoms with E-state index in [1.165, 1.54) is 18.9 Å². The molecular weight excluding hydrogens is 340 g/mol. The highest BCUT2D eigenvalue weighted by molar-refractivity contribution is 8.13. The molecule has 0 aliphatic heterocycles. The first-order chi connectivity index (χ1) is 10.9. The largest absolute Gasteiger partial charge is 0.472 e. The summed E-state index contributed by atoms with van der Waals surface area (Å²) in [5.74, 6) is 1.16. The Labute approximate surface area is 145 Å². The lowest BCUT2D eigenvalue weighted by molar-refractivity contribution is -0.485. The van der Waals surface area contributed by atoms with Gasteiger partial charge in [0.1, 0.15) is 10.3 Å². The number of methoxy groups -OCH3 is 1. The maximum Gasteiger partial charge on any atom is 0.321 e. The van der Waals surface area contributed by atoms with Gasteiger partial charge in [-0.1, -0.05) is 43.3 Å². The van der Waals surface area contributed by atoms with Crippen LogP contribution in [-0.2, 0) is 11.3 Å². The molecule has 1 heterocycles. The summed E-state index contributed by atoms with van der Waals surface area (Å²) in [7, 11) is 1.38. The van der Waals surface area contributed by atoms with Crippen LogP contribution in [0.1, 0.15) is 19.4 Å². The average molecular weight is 361 g/mol. The molecule has 0 saturated heterocycles. The Kier molecular flexibility index (Phi) is 8.90. The molecular formula is C14H21ClN4O3S. The summed E-state index contributed by atoms with van der Waals surface area (Å²) < 4.78 is 4.88. The third-order valence-electron chi connectivity index (χ3n) is 2.79. The van der Waals surface area contributed by atoms with Crippen molar-refractivity contribution in [2.24, 2.45) is 11.0 Å². The molecule has 1 rings (SSSR count). The Morgan fingerprint density at radius 2 is 2.30 bits per heavy atom. The minimum absolute atomic E-state index is 0.0626. The predicted molar refractivity (Wildman–Crippen MR) is 93.3 cm³/mol. The molecule has 0 atom stereocenters. The van der Waals surface area contributed by atoms with Crippen LogP contribution in [0.15, 0.2) is 23.4 Å². The molecule has 0 N–H and O–H groups in total. The lowest BCUT2D eigenvalue weighted by Gasteiger charge is -2.24. The van der Waals surface area contributed by atoms with Gasteiger partial charge < -0.3 is 4.74 Å². The van der Waals surface area contributed by atoms with Crippen LogP contribution in [0.2, 0.25) is 5.15 Å². The summed E-state index contributed by atoms with van der Waals surface area (Å²) >= 11 is 7.02. The van der Waals surface area contributed by atoms with Crippen molar-refractivity contribution < 1.29 is 9.77 Å². The zero-order chi connectivity index (χ0) is 17.2. The highest BCUT2D eigenvalue weighted by Gasteiger charge is 2.11. The molecule has 0 fully saturated rings.